The molecule has 5 nitrogen and oxygen atoms in total. The molecule has 1 saturated heterocycles. The highest BCUT2D eigenvalue weighted by Crippen LogP contribution is 2.22. The minimum Gasteiger partial charge on any atom is -0.465 e. The lowest BCUT2D eigenvalue weighted by Gasteiger charge is -2.43. The van der Waals surface area contributed by atoms with E-state index in [4.69, 9.17) is 9.47 Å². The number of carbonyl (C=O) groups is 1. The molecule has 19 heavy (non-hydrogen) atoms. The number of hydrogen-bond donors (Lipinski definition) is 1. The van der Waals surface area contributed by atoms with Crippen LogP contribution in [-0.2, 0) is 14.3 Å². The molecule has 0 bridgehead atoms. The van der Waals surface area contributed by atoms with Crippen LogP contribution in [0.1, 0.15) is 33.6 Å². The number of ether oxygens (including phenoxy) is 2. The van der Waals surface area contributed by atoms with Gasteiger partial charge in [0.1, 0.15) is 6.04 Å². The Bertz CT molecular complexity index is 316. The standard InChI is InChI=1S/C14H26N2O3/c1-4-19-13(17)12(15-11-5-6-11)9-16-7-8-18-10-14(16,2)3/h11-12,15H,4-10H2,1-3H3. The Labute approximate surface area is 115 Å². The normalized spacial score (nSPS) is 25.0. The van der Waals surface area contributed by atoms with Crippen LogP contribution in [0, 0.1) is 0 Å². The molecular weight excluding hydrogens is 244 g/mol. The fraction of sp³-hybridized carbons (Fsp3) is 0.929. The lowest BCUT2D eigenvalue weighted by molar-refractivity contribution is -0.147. The summed E-state index contributed by atoms with van der Waals surface area (Å²) >= 11 is 0. The van der Waals surface area contributed by atoms with Crippen LogP contribution in [-0.4, -0.2) is 61.4 Å². The summed E-state index contributed by atoms with van der Waals surface area (Å²) in [4.78, 5) is 14.4. The molecule has 1 unspecified atom stereocenters. The van der Waals surface area contributed by atoms with Gasteiger partial charge in [-0.05, 0) is 33.6 Å². The average Bonchev–Trinajstić information content (AvgIpc) is 3.14. The van der Waals surface area contributed by atoms with Gasteiger partial charge in [-0.1, -0.05) is 0 Å². The summed E-state index contributed by atoms with van der Waals surface area (Å²) in [5.74, 6) is -0.128. The molecule has 1 saturated carbocycles. The van der Waals surface area contributed by atoms with Gasteiger partial charge >= 0.3 is 5.97 Å². The molecule has 1 atom stereocenters. The molecule has 1 aliphatic heterocycles. The largest absolute Gasteiger partial charge is 0.465 e. The minimum absolute atomic E-state index is 0.0196. The highest BCUT2D eigenvalue weighted by atomic mass is 16.5. The molecule has 0 aromatic rings. The van der Waals surface area contributed by atoms with E-state index >= 15 is 0 Å². The molecule has 0 amide bonds. The van der Waals surface area contributed by atoms with Crippen LogP contribution in [0.2, 0.25) is 0 Å². The Morgan fingerprint density at radius 1 is 1.53 bits per heavy atom. The second-order valence-electron chi connectivity index (χ2n) is 6.06. The van der Waals surface area contributed by atoms with Gasteiger partial charge in [0.05, 0.1) is 19.8 Å². The third kappa shape index (κ3) is 4.16. The van der Waals surface area contributed by atoms with Crippen LogP contribution in [0.4, 0.5) is 0 Å². The first-order valence-corrected chi connectivity index (χ1v) is 7.28. The molecule has 2 aliphatic rings. The average molecular weight is 270 g/mol. The second-order valence-corrected chi connectivity index (χ2v) is 6.06. The van der Waals surface area contributed by atoms with Crippen molar-refractivity contribution >= 4 is 5.97 Å². The Kier molecular flexibility index (Phi) is 4.81. The van der Waals surface area contributed by atoms with E-state index in [1.807, 2.05) is 6.92 Å². The van der Waals surface area contributed by atoms with Crippen LogP contribution in [0.3, 0.4) is 0 Å². The first-order chi connectivity index (χ1) is 9.03. The van der Waals surface area contributed by atoms with Crippen LogP contribution in [0.15, 0.2) is 0 Å². The predicted molar refractivity (Wildman–Crippen MR) is 73.0 cm³/mol. The Morgan fingerprint density at radius 3 is 2.84 bits per heavy atom. The summed E-state index contributed by atoms with van der Waals surface area (Å²) < 4.78 is 10.7. The van der Waals surface area contributed by atoms with E-state index in [1.165, 1.54) is 12.8 Å². The molecule has 0 radical (unpaired) electrons. The number of nitrogens with one attached hydrogen (secondary N) is 1. The van der Waals surface area contributed by atoms with Crippen LogP contribution in [0.5, 0.6) is 0 Å². The number of rotatable bonds is 6. The van der Waals surface area contributed by atoms with Gasteiger partial charge in [0, 0.05) is 24.7 Å². The summed E-state index contributed by atoms with van der Waals surface area (Å²) in [5, 5.41) is 3.40. The fourth-order valence-electron chi connectivity index (χ4n) is 2.42. The van der Waals surface area contributed by atoms with E-state index in [-0.39, 0.29) is 17.6 Å². The molecule has 2 rings (SSSR count). The number of esters is 1. The summed E-state index contributed by atoms with van der Waals surface area (Å²) in [6.45, 7) is 9.63. The number of nitrogens with zero attached hydrogens (tertiary/aromatic N) is 1. The van der Waals surface area contributed by atoms with Crippen molar-refractivity contribution in [1.82, 2.24) is 10.2 Å². The van der Waals surface area contributed by atoms with Gasteiger partial charge in [-0.15, -0.1) is 0 Å². The van der Waals surface area contributed by atoms with E-state index in [0.717, 1.165) is 13.2 Å². The van der Waals surface area contributed by atoms with Crippen molar-refractivity contribution < 1.29 is 14.3 Å². The molecule has 110 valence electrons. The van der Waals surface area contributed by atoms with Gasteiger partial charge in [0.25, 0.3) is 0 Å². The van der Waals surface area contributed by atoms with Gasteiger partial charge in [0.15, 0.2) is 0 Å². The van der Waals surface area contributed by atoms with Crippen molar-refractivity contribution in [3.8, 4) is 0 Å². The molecule has 0 spiro atoms. The highest BCUT2D eigenvalue weighted by molar-refractivity contribution is 5.76. The zero-order valence-electron chi connectivity index (χ0n) is 12.3. The monoisotopic (exact) mass is 270 g/mol. The van der Waals surface area contributed by atoms with Gasteiger partial charge < -0.3 is 14.8 Å². The van der Waals surface area contributed by atoms with E-state index in [1.54, 1.807) is 0 Å². The van der Waals surface area contributed by atoms with E-state index in [9.17, 15) is 4.79 Å². The maximum Gasteiger partial charge on any atom is 0.324 e. The Balaban J connectivity index is 1.95. The zero-order chi connectivity index (χ0) is 13.9. The minimum atomic E-state index is -0.218. The molecule has 0 aromatic carbocycles. The van der Waals surface area contributed by atoms with Crippen molar-refractivity contribution in [2.45, 2.75) is 51.2 Å². The number of carbonyl (C=O) groups excluding carboxylic acids is 1. The van der Waals surface area contributed by atoms with Crippen molar-refractivity contribution in [3.05, 3.63) is 0 Å². The summed E-state index contributed by atoms with van der Waals surface area (Å²) in [7, 11) is 0. The fourth-order valence-corrected chi connectivity index (χ4v) is 2.42. The molecule has 1 heterocycles. The molecule has 5 heteroatoms. The van der Waals surface area contributed by atoms with Crippen molar-refractivity contribution in [3.63, 3.8) is 0 Å². The number of hydrogen-bond acceptors (Lipinski definition) is 5. The van der Waals surface area contributed by atoms with Gasteiger partial charge in [-0.3, -0.25) is 9.69 Å². The summed E-state index contributed by atoms with van der Waals surface area (Å²) in [6.07, 6.45) is 2.34. The first-order valence-electron chi connectivity index (χ1n) is 7.28. The van der Waals surface area contributed by atoms with E-state index < -0.39 is 0 Å². The second kappa shape index (κ2) is 6.20. The molecular formula is C14H26N2O3. The molecule has 0 aromatic heterocycles. The Morgan fingerprint density at radius 2 is 2.26 bits per heavy atom. The predicted octanol–water partition coefficient (Wildman–Crippen LogP) is 0.781. The zero-order valence-corrected chi connectivity index (χ0v) is 12.3. The first kappa shape index (κ1) is 14.8. The van der Waals surface area contributed by atoms with Crippen LogP contribution in [0.25, 0.3) is 0 Å². The molecule has 1 aliphatic carbocycles. The van der Waals surface area contributed by atoms with Crippen molar-refractivity contribution in [2.24, 2.45) is 0 Å². The van der Waals surface area contributed by atoms with Crippen molar-refractivity contribution in [1.29, 1.82) is 0 Å². The molecule has 1 N–H and O–H groups in total. The van der Waals surface area contributed by atoms with Gasteiger partial charge in [-0.25, -0.2) is 0 Å². The van der Waals surface area contributed by atoms with Gasteiger partial charge in [-0.2, -0.15) is 0 Å². The van der Waals surface area contributed by atoms with Crippen LogP contribution >= 0.6 is 0 Å². The van der Waals surface area contributed by atoms with Gasteiger partial charge in [0.2, 0.25) is 0 Å². The summed E-state index contributed by atoms with van der Waals surface area (Å²) in [6, 6.07) is 0.281. The molecule has 2 fully saturated rings. The maximum absolute atomic E-state index is 12.0. The maximum atomic E-state index is 12.0. The quantitative estimate of drug-likeness (QED) is 0.723. The Hall–Kier alpha value is -0.650. The van der Waals surface area contributed by atoms with Crippen molar-refractivity contribution in [2.75, 3.05) is 32.9 Å². The van der Waals surface area contributed by atoms with E-state index in [2.05, 4.69) is 24.1 Å². The third-order valence-electron chi connectivity index (χ3n) is 3.81. The lowest BCUT2D eigenvalue weighted by Crippen LogP contribution is -2.58. The summed E-state index contributed by atoms with van der Waals surface area (Å²) in [5.41, 5.74) is -0.0196. The van der Waals surface area contributed by atoms with E-state index in [0.29, 0.717) is 25.8 Å². The smallest absolute Gasteiger partial charge is 0.324 e. The third-order valence-corrected chi connectivity index (χ3v) is 3.81. The topological polar surface area (TPSA) is 50.8 Å². The highest BCUT2D eigenvalue weighted by Gasteiger charge is 2.36. The number of morpholine rings is 1. The SMILES string of the molecule is CCOC(=O)C(CN1CCOCC1(C)C)NC1CC1. The lowest BCUT2D eigenvalue weighted by atomic mass is 10.0. The van der Waals surface area contributed by atoms with Crippen LogP contribution < -0.4 is 5.32 Å².